The van der Waals surface area contributed by atoms with Crippen molar-refractivity contribution in [3.8, 4) is 28.8 Å². The van der Waals surface area contributed by atoms with Gasteiger partial charge in [0.15, 0.2) is 23.4 Å². The van der Waals surface area contributed by atoms with Crippen LogP contribution in [0.2, 0.25) is 0 Å². The molecule has 0 radical (unpaired) electrons. The molecule has 1 unspecified atom stereocenters. The molecule has 0 spiro atoms. The minimum Gasteiger partial charge on any atom is -0.490 e. The highest BCUT2D eigenvalue weighted by molar-refractivity contribution is 7.81. The van der Waals surface area contributed by atoms with Crippen molar-refractivity contribution in [3.63, 3.8) is 0 Å². The van der Waals surface area contributed by atoms with Crippen LogP contribution in [0.15, 0.2) is 60.8 Å². The fourth-order valence-electron chi connectivity index (χ4n) is 8.59. The van der Waals surface area contributed by atoms with Gasteiger partial charge in [-0.2, -0.15) is 31.6 Å². The number of pyridine rings is 1. The monoisotopic (exact) mass is 983 g/mol. The van der Waals surface area contributed by atoms with E-state index < -0.39 is 122 Å². The summed E-state index contributed by atoms with van der Waals surface area (Å²) >= 11 is 5.37. The summed E-state index contributed by atoms with van der Waals surface area (Å²) in [4.78, 5) is 84.9. The van der Waals surface area contributed by atoms with Crippen LogP contribution >= 0.6 is 12.2 Å². The molecule has 0 aliphatic carbocycles. The summed E-state index contributed by atoms with van der Waals surface area (Å²) in [5.41, 5.74) is -9.12. The zero-order chi connectivity index (χ0) is 50.1. The number of thiocarbonyl (C=S) groups is 1. The maximum absolute atomic E-state index is 16.0. The van der Waals surface area contributed by atoms with Crippen LogP contribution < -0.4 is 24.6 Å². The number of rotatable bonds is 9. The van der Waals surface area contributed by atoms with E-state index in [4.69, 9.17) is 27.0 Å². The van der Waals surface area contributed by atoms with Crippen LogP contribution in [0.25, 0.3) is 11.3 Å². The molecule has 3 aromatic carbocycles. The third-order valence-electron chi connectivity index (χ3n) is 11.9. The molecule has 1 atom stereocenters. The second kappa shape index (κ2) is 17.5. The predicted molar refractivity (Wildman–Crippen MR) is 226 cm³/mol. The van der Waals surface area contributed by atoms with Gasteiger partial charge in [0.25, 0.3) is 23.6 Å². The zero-order valence-corrected chi connectivity index (χ0v) is 36.6. The highest BCUT2D eigenvalue weighted by Crippen LogP contribution is 2.44. The van der Waals surface area contributed by atoms with E-state index in [1.165, 1.54) is 43.0 Å². The largest absolute Gasteiger partial charge is 0.490 e. The molecule has 69 heavy (non-hydrogen) atoms. The van der Waals surface area contributed by atoms with Crippen molar-refractivity contribution in [1.82, 2.24) is 20.1 Å². The van der Waals surface area contributed by atoms with Crippen LogP contribution in [-0.4, -0.2) is 92.7 Å². The number of likely N-dealkylation sites (tertiary alicyclic amines) is 1. The van der Waals surface area contributed by atoms with Crippen molar-refractivity contribution >= 4 is 64.1 Å². The molecule has 1 N–H and O–H groups in total. The number of piperidine rings is 2. The number of imide groups is 2. The van der Waals surface area contributed by atoms with Gasteiger partial charge in [-0.05, 0) is 75.0 Å². The molecule has 358 valence electrons. The van der Waals surface area contributed by atoms with Crippen molar-refractivity contribution in [3.05, 3.63) is 100 Å². The number of fused-ring (bicyclic) bond motifs is 1. The normalized spacial score (nSPS) is 18.7. The number of carbonyl (C=O) groups is 6. The average Bonchev–Trinajstić information content (AvgIpc) is 3.64. The number of hydrogen-bond donors (Lipinski definition) is 1. The Labute approximate surface area is 390 Å². The summed E-state index contributed by atoms with van der Waals surface area (Å²) in [5, 5.41) is 10.6. The Morgan fingerprint density at radius 2 is 1.64 bits per heavy atom. The molecule has 3 saturated heterocycles. The number of benzene rings is 3. The fraction of sp³-hybridized carbons (Fsp3) is 0.311. The van der Waals surface area contributed by atoms with Gasteiger partial charge in [0.05, 0.1) is 45.9 Å². The van der Waals surface area contributed by atoms with E-state index in [1.54, 1.807) is 0 Å². The Balaban J connectivity index is 0.930. The minimum atomic E-state index is -5.35. The van der Waals surface area contributed by atoms with Gasteiger partial charge in [-0.15, -0.1) is 0 Å². The molecule has 5 heterocycles. The number of nitrogens with zero attached hydrogens (tertiary/aromatic N) is 6. The van der Waals surface area contributed by atoms with E-state index in [1.807, 2.05) is 0 Å². The van der Waals surface area contributed by atoms with Gasteiger partial charge in [0.2, 0.25) is 11.8 Å². The van der Waals surface area contributed by atoms with Gasteiger partial charge in [-0.1, -0.05) is 6.07 Å². The lowest BCUT2D eigenvalue weighted by Gasteiger charge is -2.32. The molecule has 1 aromatic heterocycles. The Kier molecular flexibility index (Phi) is 12.2. The molecule has 3 fully saturated rings. The predicted octanol–water partition coefficient (Wildman–Crippen LogP) is 6.70. The van der Waals surface area contributed by atoms with Gasteiger partial charge in [-0.3, -0.25) is 48.9 Å². The van der Waals surface area contributed by atoms with Crippen molar-refractivity contribution in [1.29, 1.82) is 5.26 Å². The lowest BCUT2D eigenvalue weighted by Crippen LogP contribution is -2.54. The number of aromatic nitrogens is 1. The maximum atomic E-state index is 16.0. The highest BCUT2D eigenvalue weighted by Gasteiger charge is 2.53. The van der Waals surface area contributed by atoms with Crippen molar-refractivity contribution in [2.24, 2.45) is 0 Å². The summed E-state index contributed by atoms with van der Waals surface area (Å²) in [6, 6.07) is 9.06. The lowest BCUT2D eigenvalue weighted by molar-refractivity contribution is -0.140. The number of anilines is 2. The Morgan fingerprint density at radius 1 is 0.928 bits per heavy atom. The van der Waals surface area contributed by atoms with Gasteiger partial charge < -0.3 is 19.3 Å². The Bertz CT molecular complexity index is 2950. The maximum Gasteiger partial charge on any atom is 0.420 e. The standard InChI is InChI=1S/C45H33F8N7O8S/c1-43(2)41(66)59(29-9-6-21(18-54)35(36(29)47)45(51,52)53)42(69)60(43)22-16-28(46)37(55-19-22)25-8-7-24(17-27(25)44(48,49)50)68-23-12-14-57(15-13-23)33(62)20-67-31-5-3-4-26-34(31)40(65)58(39(26)64)30-10-11-32(61)56-38(30)63/h3-9,16-17,19,23,30H,10-15,20H2,1-2H3,(H,56,61,63). The summed E-state index contributed by atoms with van der Waals surface area (Å²) in [5.74, 6) is -8.13. The molecule has 0 bridgehead atoms. The number of nitrogens with one attached hydrogen (secondary N) is 1. The van der Waals surface area contributed by atoms with Crippen LogP contribution in [0.1, 0.15) is 76.9 Å². The second-order valence-electron chi connectivity index (χ2n) is 16.6. The number of halogens is 8. The van der Waals surface area contributed by atoms with Crippen molar-refractivity contribution in [2.45, 2.75) is 69.6 Å². The van der Waals surface area contributed by atoms with Crippen LogP contribution in [0.5, 0.6) is 11.5 Å². The average molecular weight is 984 g/mol. The number of ether oxygens (including phenoxy) is 2. The van der Waals surface area contributed by atoms with E-state index in [0.29, 0.717) is 23.1 Å². The summed E-state index contributed by atoms with van der Waals surface area (Å²) in [6.07, 6.45) is -10.0. The first-order valence-corrected chi connectivity index (χ1v) is 21.1. The quantitative estimate of drug-likeness (QED) is 0.107. The first-order valence-electron chi connectivity index (χ1n) is 20.7. The third kappa shape index (κ3) is 8.55. The number of alkyl halides is 6. The molecule has 0 saturated carbocycles. The molecule has 15 nitrogen and oxygen atoms in total. The molecule has 8 rings (SSSR count). The number of nitriles is 1. The number of carbonyl (C=O) groups excluding carboxylic acids is 6. The third-order valence-corrected chi connectivity index (χ3v) is 12.3. The number of amides is 6. The van der Waals surface area contributed by atoms with E-state index in [9.17, 15) is 55.1 Å². The van der Waals surface area contributed by atoms with Gasteiger partial charge in [-0.25, -0.2) is 8.78 Å². The topological polar surface area (TPSA) is 183 Å². The van der Waals surface area contributed by atoms with E-state index in [0.717, 1.165) is 34.2 Å². The van der Waals surface area contributed by atoms with E-state index in [-0.39, 0.29) is 67.1 Å². The molecular weight excluding hydrogens is 951 g/mol. The highest BCUT2D eigenvalue weighted by atomic mass is 32.1. The summed E-state index contributed by atoms with van der Waals surface area (Å²) < 4.78 is 128. The van der Waals surface area contributed by atoms with Crippen LogP contribution in [-0.2, 0) is 31.5 Å². The number of hydrogen-bond acceptors (Lipinski definition) is 11. The lowest BCUT2D eigenvalue weighted by atomic mass is 10.0. The van der Waals surface area contributed by atoms with Crippen LogP contribution in [0.4, 0.5) is 46.5 Å². The first-order chi connectivity index (χ1) is 32.4. The van der Waals surface area contributed by atoms with Gasteiger partial charge in [0, 0.05) is 44.0 Å². The van der Waals surface area contributed by atoms with Crippen molar-refractivity contribution in [2.75, 3.05) is 29.5 Å². The molecule has 4 aliphatic heterocycles. The fourth-order valence-corrected chi connectivity index (χ4v) is 9.10. The van der Waals surface area contributed by atoms with Crippen LogP contribution in [0.3, 0.4) is 0 Å². The van der Waals surface area contributed by atoms with E-state index >= 15 is 8.78 Å². The van der Waals surface area contributed by atoms with E-state index in [2.05, 4.69) is 10.3 Å². The van der Waals surface area contributed by atoms with Gasteiger partial charge in [0.1, 0.15) is 40.4 Å². The smallest absolute Gasteiger partial charge is 0.420 e. The summed E-state index contributed by atoms with van der Waals surface area (Å²) in [7, 11) is 0. The zero-order valence-electron chi connectivity index (χ0n) is 35.8. The van der Waals surface area contributed by atoms with Crippen molar-refractivity contribution < 1.29 is 73.4 Å². The van der Waals surface area contributed by atoms with Gasteiger partial charge >= 0.3 is 12.4 Å². The molecule has 24 heteroatoms. The Hall–Kier alpha value is -7.55. The molecular formula is C45H33F8N7O8S. The molecule has 4 aromatic rings. The van der Waals surface area contributed by atoms with Crippen LogP contribution in [0, 0.1) is 23.0 Å². The molecule has 6 amide bonds. The Morgan fingerprint density at radius 3 is 2.28 bits per heavy atom. The summed E-state index contributed by atoms with van der Waals surface area (Å²) in [6.45, 7) is 2.09. The minimum absolute atomic E-state index is 0.0498. The second-order valence-corrected chi connectivity index (χ2v) is 17.0. The SMILES string of the molecule is CC1(C)C(=O)N(c2ccc(C#N)c(C(F)(F)F)c2F)C(=S)N1c1cnc(-c2ccc(OC3CCN(C(=O)COc4cccc5c4C(=O)N(C4CCC(=O)NC4=O)C5=O)CC3)cc2C(F)(F)F)c(F)c1. The first kappa shape index (κ1) is 47.9. The molecule has 4 aliphatic rings.